The van der Waals surface area contributed by atoms with Gasteiger partial charge in [0.2, 0.25) is 0 Å². The van der Waals surface area contributed by atoms with E-state index in [2.05, 4.69) is 34.6 Å². The first-order chi connectivity index (χ1) is 15.7. The van der Waals surface area contributed by atoms with Crippen molar-refractivity contribution in [3.8, 4) is 0 Å². The van der Waals surface area contributed by atoms with E-state index in [4.69, 9.17) is 0 Å². The number of nitrogens with zero attached hydrogens (tertiary/aromatic N) is 2. The first-order valence-corrected chi connectivity index (χ1v) is 10.7. The van der Waals surface area contributed by atoms with Crippen molar-refractivity contribution in [2.75, 3.05) is 6.54 Å². The number of hydrogen-bond acceptors (Lipinski definition) is 3. The Hall–Kier alpha value is -3.99. The minimum atomic E-state index is -0.187. The number of rotatable bonds is 8. The quantitative estimate of drug-likeness (QED) is 0.461. The van der Waals surface area contributed by atoms with Crippen molar-refractivity contribution in [3.05, 3.63) is 136 Å². The summed E-state index contributed by atoms with van der Waals surface area (Å²) in [7, 11) is 0. The Kier molecular flexibility index (Phi) is 6.88. The van der Waals surface area contributed by atoms with Crippen LogP contribution in [0.25, 0.3) is 0 Å². The van der Waals surface area contributed by atoms with Crippen LogP contribution in [0.1, 0.15) is 39.4 Å². The van der Waals surface area contributed by atoms with Gasteiger partial charge in [0.25, 0.3) is 11.5 Å². The maximum atomic E-state index is 12.8. The van der Waals surface area contributed by atoms with Crippen LogP contribution in [0.15, 0.2) is 108 Å². The van der Waals surface area contributed by atoms with Crippen molar-refractivity contribution in [1.82, 2.24) is 14.9 Å². The Morgan fingerprint density at radius 3 is 2.09 bits per heavy atom. The average molecular weight is 424 g/mol. The Morgan fingerprint density at radius 2 is 1.47 bits per heavy atom. The second kappa shape index (κ2) is 10.4. The molecule has 0 saturated heterocycles. The van der Waals surface area contributed by atoms with Gasteiger partial charge in [0, 0.05) is 37.1 Å². The third kappa shape index (κ3) is 5.38. The summed E-state index contributed by atoms with van der Waals surface area (Å²) in [6, 6.07) is 27.4. The second-order valence-corrected chi connectivity index (χ2v) is 7.66. The molecule has 5 nitrogen and oxygen atoms in total. The first-order valence-electron chi connectivity index (χ1n) is 10.7. The Bertz CT molecular complexity index is 1170. The lowest BCUT2D eigenvalue weighted by atomic mass is 9.88. The summed E-state index contributed by atoms with van der Waals surface area (Å²) in [4.78, 5) is 29.0. The van der Waals surface area contributed by atoms with Crippen molar-refractivity contribution in [1.29, 1.82) is 0 Å². The second-order valence-electron chi connectivity index (χ2n) is 7.66. The highest BCUT2D eigenvalue weighted by atomic mass is 16.2. The molecular weight excluding hydrogens is 398 g/mol. The molecule has 2 aromatic heterocycles. The summed E-state index contributed by atoms with van der Waals surface area (Å²) in [6.07, 6.45) is 5.76. The zero-order chi connectivity index (χ0) is 22.2. The fourth-order valence-electron chi connectivity index (χ4n) is 3.80. The third-order valence-electron chi connectivity index (χ3n) is 5.47. The van der Waals surface area contributed by atoms with E-state index < -0.39 is 0 Å². The van der Waals surface area contributed by atoms with E-state index >= 15 is 0 Å². The molecule has 1 amide bonds. The maximum absolute atomic E-state index is 12.8. The predicted octanol–water partition coefficient (Wildman–Crippen LogP) is 4.24. The molecule has 2 heterocycles. The van der Waals surface area contributed by atoms with Gasteiger partial charge in [0.05, 0.1) is 12.1 Å². The number of carbonyl (C=O) groups excluding carboxylic acids is 1. The van der Waals surface area contributed by atoms with Gasteiger partial charge in [-0.25, -0.2) is 0 Å². The van der Waals surface area contributed by atoms with E-state index in [1.807, 2.05) is 48.5 Å². The Balaban J connectivity index is 1.44. The number of amides is 1. The monoisotopic (exact) mass is 423 g/mol. The standard InChI is InChI=1S/C27H25N3O2/c31-26-12-11-24(20-30(26)19-21-13-16-28-17-14-21)27(32)29-18-15-25(22-7-3-1-4-8-22)23-9-5-2-6-10-23/h1-14,16-17,20,25H,15,18-19H2,(H,29,32). The molecule has 1 N–H and O–H groups in total. The number of nitrogens with one attached hydrogen (secondary N) is 1. The molecular formula is C27H25N3O2. The summed E-state index contributed by atoms with van der Waals surface area (Å²) in [5, 5.41) is 3.02. The van der Waals surface area contributed by atoms with E-state index in [-0.39, 0.29) is 17.4 Å². The number of pyridine rings is 2. The molecule has 0 aliphatic carbocycles. The predicted molar refractivity (Wildman–Crippen MR) is 126 cm³/mol. The molecule has 5 heteroatoms. The number of aromatic nitrogens is 2. The largest absolute Gasteiger partial charge is 0.352 e. The first kappa shape index (κ1) is 21.2. The van der Waals surface area contributed by atoms with Gasteiger partial charge in [-0.05, 0) is 41.3 Å². The van der Waals surface area contributed by atoms with Crippen LogP contribution in [0.5, 0.6) is 0 Å². The lowest BCUT2D eigenvalue weighted by molar-refractivity contribution is 0.0952. The van der Waals surface area contributed by atoms with Crippen molar-refractivity contribution < 1.29 is 4.79 Å². The minimum absolute atomic E-state index is 0.147. The number of benzene rings is 2. The van der Waals surface area contributed by atoms with E-state index in [0.717, 1.165) is 12.0 Å². The van der Waals surface area contributed by atoms with Crippen LogP contribution in [0.4, 0.5) is 0 Å². The minimum Gasteiger partial charge on any atom is -0.352 e. The van der Waals surface area contributed by atoms with Crippen LogP contribution in [-0.4, -0.2) is 22.0 Å². The fraction of sp³-hybridized carbons (Fsp3) is 0.148. The molecule has 2 aromatic carbocycles. The van der Waals surface area contributed by atoms with Crippen LogP contribution in [0.3, 0.4) is 0 Å². The van der Waals surface area contributed by atoms with Crippen molar-refractivity contribution in [2.24, 2.45) is 0 Å². The normalized spacial score (nSPS) is 10.8. The summed E-state index contributed by atoms with van der Waals surface area (Å²) in [5.74, 6) is 0.00620. The zero-order valence-electron chi connectivity index (χ0n) is 17.7. The smallest absolute Gasteiger partial charge is 0.252 e. The summed E-state index contributed by atoms with van der Waals surface area (Å²) in [5.41, 5.74) is 3.71. The fourth-order valence-corrected chi connectivity index (χ4v) is 3.80. The highest BCUT2D eigenvalue weighted by molar-refractivity contribution is 5.93. The molecule has 0 radical (unpaired) electrons. The third-order valence-corrected chi connectivity index (χ3v) is 5.47. The van der Waals surface area contributed by atoms with Gasteiger partial charge in [-0.2, -0.15) is 0 Å². The van der Waals surface area contributed by atoms with Crippen molar-refractivity contribution >= 4 is 5.91 Å². The van der Waals surface area contributed by atoms with Gasteiger partial charge in [-0.15, -0.1) is 0 Å². The molecule has 0 atom stereocenters. The van der Waals surface area contributed by atoms with Gasteiger partial charge < -0.3 is 9.88 Å². The van der Waals surface area contributed by atoms with Crippen molar-refractivity contribution in [2.45, 2.75) is 18.9 Å². The summed E-state index contributed by atoms with van der Waals surface area (Å²) < 4.78 is 1.54. The number of hydrogen-bond donors (Lipinski definition) is 1. The SMILES string of the molecule is O=C(NCCC(c1ccccc1)c1ccccc1)c1ccc(=O)n(Cc2ccncc2)c1. The molecule has 0 bridgehead atoms. The molecule has 0 saturated carbocycles. The zero-order valence-corrected chi connectivity index (χ0v) is 17.7. The Morgan fingerprint density at radius 1 is 0.844 bits per heavy atom. The molecule has 32 heavy (non-hydrogen) atoms. The molecule has 0 aliphatic heterocycles. The van der Waals surface area contributed by atoms with Crippen LogP contribution in [-0.2, 0) is 6.54 Å². The highest BCUT2D eigenvalue weighted by Crippen LogP contribution is 2.27. The maximum Gasteiger partial charge on any atom is 0.252 e. The van der Waals surface area contributed by atoms with Crippen LogP contribution in [0.2, 0.25) is 0 Å². The lowest BCUT2D eigenvalue weighted by Crippen LogP contribution is -2.28. The van der Waals surface area contributed by atoms with E-state index in [1.165, 1.54) is 17.2 Å². The molecule has 4 aromatic rings. The average Bonchev–Trinajstić information content (AvgIpc) is 2.85. The Labute approximate surface area is 187 Å². The molecule has 4 rings (SSSR count). The molecule has 0 spiro atoms. The van der Waals surface area contributed by atoms with Gasteiger partial charge in [0.15, 0.2) is 0 Å². The van der Waals surface area contributed by atoms with E-state index in [0.29, 0.717) is 18.7 Å². The van der Waals surface area contributed by atoms with Crippen LogP contribution < -0.4 is 10.9 Å². The molecule has 0 fully saturated rings. The molecule has 160 valence electrons. The lowest BCUT2D eigenvalue weighted by Gasteiger charge is -2.18. The van der Waals surface area contributed by atoms with E-state index in [9.17, 15) is 9.59 Å². The van der Waals surface area contributed by atoms with E-state index in [1.54, 1.807) is 29.2 Å². The summed E-state index contributed by atoms with van der Waals surface area (Å²) in [6.45, 7) is 0.920. The van der Waals surface area contributed by atoms with Gasteiger partial charge >= 0.3 is 0 Å². The highest BCUT2D eigenvalue weighted by Gasteiger charge is 2.15. The number of carbonyl (C=O) groups is 1. The van der Waals surface area contributed by atoms with Crippen LogP contribution in [0, 0.1) is 0 Å². The van der Waals surface area contributed by atoms with Gasteiger partial charge in [-0.1, -0.05) is 60.7 Å². The molecule has 0 unspecified atom stereocenters. The van der Waals surface area contributed by atoms with Gasteiger partial charge in [-0.3, -0.25) is 14.6 Å². The van der Waals surface area contributed by atoms with Crippen molar-refractivity contribution in [3.63, 3.8) is 0 Å². The summed E-state index contributed by atoms with van der Waals surface area (Å²) >= 11 is 0. The van der Waals surface area contributed by atoms with Crippen LogP contribution >= 0.6 is 0 Å². The molecule has 0 aliphatic rings. The topological polar surface area (TPSA) is 64.0 Å². The van der Waals surface area contributed by atoms with Gasteiger partial charge in [0.1, 0.15) is 0 Å².